The first kappa shape index (κ1) is 12.4. The molecule has 1 aromatic heterocycles. The van der Waals surface area contributed by atoms with Crippen molar-refractivity contribution >= 4 is 28.7 Å². The van der Waals surface area contributed by atoms with Crippen molar-refractivity contribution in [3.63, 3.8) is 0 Å². The molecule has 1 heterocycles. The summed E-state index contributed by atoms with van der Waals surface area (Å²) in [5.41, 5.74) is 11.6. The quantitative estimate of drug-likeness (QED) is 0.731. The van der Waals surface area contributed by atoms with Gasteiger partial charge in [-0.1, -0.05) is 16.8 Å². The smallest absolute Gasteiger partial charge is 0.228 e. The molecule has 5 N–H and O–H groups in total. The Morgan fingerprint density at radius 3 is 2.83 bits per heavy atom. The molecule has 0 aliphatic carbocycles. The number of rotatable bonds is 4. The molecule has 18 heavy (non-hydrogen) atoms. The third-order valence-corrected chi connectivity index (χ3v) is 2.70. The molecule has 0 aliphatic heterocycles. The van der Waals surface area contributed by atoms with Crippen molar-refractivity contribution in [3.05, 3.63) is 29.1 Å². The van der Waals surface area contributed by atoms with Crippen molar-refractivity contribution < 1.29 is 8.91 Å². The lowest BCUT2D eigenvalue weighted by Crippen LogP contribution is -2.10. The molecule has 0 aliphatic rings. The zero-order valence-electron chi connectivity index (χ0n) is 9.28. The van der Waals surface area contributed by atoms with Crippen molar-refractivity contribution in [2.24, 2.45) is 0 Å². The lowest BCUT2D eigenvalue weighted by atomic mass is 10.2. The summed E-state index contributed by atoms with van der Waals surface area (Å²) in [5.74, 6) is -0.220. The van der Waals surface area contributed by atoms with Crippen molar-refractivity contribution in [3.8, 4) is 0 Å². The van der Waals surface area contributed by atoms with Crippen LogP contribution < -0.4 is 16.8 Å². The van der Waals surface area contributed by atoms with Crippen LogP contribution in [0.2, 0.25) is 5.02 Å². The Hall–Kier alpha value is -2.02. The number of nitrogen functional groups attached to an aromatic ring is 2. The van der Waals surface area contributed by atoms with E-state index < -0.39 is 5.82 Å². The highest BCUT2D eigenvalue weighted by Crippen LogP contribution is 2.33. The van der Waals surface area contributed by atoms with Crippen molar-refractivity contribution in [1.82, 2.24) is 10.1 Å². The molecule has 0 amide bonds. The molecule has 8 heteroatoms. The standard InChI is InChI=1S/C10H11ClFN5O/c11-8-5(13)3-6(14)10(9(8)12)15-2-1-7-16-4-17-18-7/h3-4,15H,1-2,13-14H2. The van der Waals surface area contributed by atoms with Crippen LogP contribution >= 0.6 is 11.6 Å². The van der Waals surface area contributed by atoms with Crippen LogP contribution in [0.3, 0.4) is 0 Å². The van der Waals surface area contributed by atoms with Crippen LogP contribution in [0.4, 0.5) is 21.5 Å². The second-order valence-corrected chi connectivity index (χ2v) is 3.95. The number of anilines is 3. The van der Waals surface area contributed by atoms with E-state index in [2.05, 4.69) is 15.5 Å². The summed E-state index contributed by atoms with van der Waals surface area (Å²) in [6.07, 6.45) is 1.74. The molecule has 1 aromatic carbocycles. The fourth-order valence-electron chi connectivity index (χ4n) is 1.45. The Balaban J connectivity index is 2.07. The van der Waals surface area contributed by atoms with Crippen LogP contribution in [0.1, 0.15) is 5.89 Å². The fraction of sp³-hybridized carbons (Fsp3) is 0.200. The summed E-state index contributed by atoms with van der Waals surface area (Å²) >= 11 is 5.70. The summed E-state index contributed by atoms with van der Waals surface area (Å²) in [5, 5.41) is 6.13. The number of benzene rings is 1. The highest BCUT2D eigenvalue weighted by molar-refractivity contribution is 6.33. The second-order valence-electron chi connectivity index (χ2n) is 3.57. The Bertz CT molecular complexity index is 546. The molecule has 0 unspecified atom stereocenters. The van der Waals surface area contributed by atoms with E-state index in [0.717, 1.165) is 0 Å². The van der Waals surface area contributed by atoms with E-state index in [9.17, 15) is 4.39 Å². The number of nitrogens with two attached hydrogens (primary N) is 2. The summed E-state index contributed by atoms with van der Waals surface area (Å²) in [4.78, 5) is 3.84. The van der Waals surface area contributed by atoms with Gasteiger partial charge in [-0.15, -0.1) is 0 Å². The van der Waals surface area contributed by atoms with Crippen molar-refractivity contribution in [1.29, 1.82) is 0 Å². The van der Waals surface area contributed by atoms with Crippen LogP contribution in [0.5, 0.6) is 0 Å². The topological polar surface area (TPSA) is 103 Å². The lowest BCUT2D eigenvalue weighted by molar-refractivity contribution is 0.379. The molecule has 0 atom stereocenters. The summed E-state index contributed by atoms with van der Waals surface area (Å²) < 4.78 is 18.6. The molecule has 0 spiro atoms. The van der Waals surface area contributed by atoms with Gasteiger partial charge in [0.15, 0.2) is 12.1 Å². The third-order valence-electron chi connectivity index (χ3n) is 2.31. The minimum Gasteiger partial charge on any atom is -0.397 e. The zero-order valence-corrected chi connectivity index (χ0v) is 10.0. The Morgan fingerprint density at radius 2 is 2.17 bits per heavy atom. The van der Waals surface area contributed by atoms with Gasteiger partial charge in [-0.2, -0.15) is 4.98 Å². The zero-order chi connectivity index (χ0) is 13.1. The number of hydrogen-bond donors (Lipinski definition) is 3. The van der Waals surface area contributed by atoms with Gasteiger partial charge in [0.05, 0.1) is 17.1 Å². The Labute approximate surface area is 107 Å². The normalized spacial score (nSPS) is 10.6. The van der Waals surface area contributed by atoms with Crippen molar-refractivity contribution in [2.45, 2.75) is 6.42 Å². The van der Waals surface area contributed by atoms with E-state index in [-0.39, 0.29) is 22.1 Å². The van der Waals surface area contributed by atoms with Crippen LogP contribution in [0.25, 0.3) is 0 Å². The van der Waals surface area contributed by atoms with E-state index in [1.807, 2.05) is 0 Å². The van der Waals surface area contributed by atoms with Gasteiger partial charge in [-0.25, -0.2) is 4.39 Å². The summed E-state index contributed by atoms with van der Waals surface area (Å²) in [7, 11) is 0. The minimum absolute atomic E-state index is 0.106. The van der Waals surface area contributed by atoms with Gasteiger partial charge in [-0.05, 0) is 6.07 Å². The molecule has 0 fully saturated rings. The molecular formula is C10H11ClFN5O. The highest BCUT2D eigenvalue weighted by atomic mass is 35.5. The Morgan fingerprint density at radius 1 is 1.39 bits per heavy atom. The first-order valence-corrected chi connectivity index (χ1v) is 5.49. The van der Waals surface area contributed by atoms with Gasteiger partial charge in [0.25, 0.3) is 0 Å². The molecule has 2 aromatic rings. The lowest BCUT2D eigenvalue weighted by Gasteiger charge is -2.12. The average Bonchev–Trinajstić information content (AvgIpc) is 2.84. The molecular weight excluding hydrogens is 261 g/mol. The maximum absolute atomic E-state index is 13.8. The molecule has 0 saturated carbocycles. The number of halogens is 2. The molecule has 0 bridgehead atoms. The maximum Gasteiger partial charge on any atom is 0.228 e. The Kier molecular flexibility index (Phi) is 3.52. The molecule has 2 rings (SSSR count). The first-order valence-electron chi connectivity index (χ1n) is 5.12. The predicted octanol–water partition coefficient (Wildman–Crippen LogP) is 1.68. The van der Waals surface area contributed by atoms with E-state index in [1.54, 1.807) is 0 Å². The van der Waals surface area contributed by atoms with Gasteiger partial charge >= 0.3 is 0 Å². The molecule has 0 radical (unpaired) electrons. The monoisotopic (exact) mass is 271 g/mol. The van der Waals surface area contributed by atoms with E-state index in [0.29, 0.717) is 18.9 Å². The second kappa shape index (κ2) is 5.09. The largest absolute Gasteiger partial charge is 0.397 e. The van der Waals surface area contributed by atoms with Crippen LogP contribution in [0.15, 0.2) is 16.9 Å². The van der Waals surface area contributed by atoms with Gasteiger partial charge < -0.3 is 21.3 Å². The minimum atomic E-state index is -0.667. The highest BCUT2D eigenvalue weighted by Gasteiger charge is 2.14. The third kappa shape index (κ3) is 2.45. The fourth-order valence-corrected chi connectivity index (χ4v) is 1.60. The maximum atomic E-state index is 13.8. The average molecular weight is 272 g/mol. The molecule has 96 valence electrons. The number of hydrogen-bond acceptors (Lipinski definition) is 6. The van der Waals surface area contributed by atoms with E-state index in [4.69, 9.17) is 27.6 Å². The SMILES string of the molecule is Nc1cc(N)c(NCCc2ncno2)c(F)c1Cl. The van der Waals surface area contributed by atoms with E-state index in [1.165, 1.54) is 12.4 Å². The molecule has 0 saturated heterocycles. The van der Waals surface area contributed by atoms with Crippen LogP contribution in [-0.4, -0.2) is 16.7 Å². The predicted molar refractivity (Wildman–Crippen MR) is 66.7 cm³/mol. The van der Waals surface area contributed by atoms with Gasteiger partial charge in [-0.3, -0.25) is 0 Å². The van der Waals surface area contributed by atoms with Gasteiger partial charge in [0.2, 0.25) is 5.89 Å². The summed E-state index contributed by atoms with van der Waals surface area (Å²) in [6, 6.07) is 1.40. The molecule has 6 nitrogen and oxygen atoms in total. The number of nitrogens with one attached hydrogen (secondary N) is 1. The van der Waals surface area contributed by atoms with Gasteiger partial charge in [0, 0.05) is 13.0 Å². The van der Waals surface area contributed by atoms with Gasteiger partial charge in [0.1, 0.15) is 5.02 Å². The van der Waals surface area contributed by atoms with Crippen LogP contribution in [-0.2, 0) is 6.42 Å². The summed E-state index contributed by atoms with van der Waals surface area (Å²) in [6.45, 7) is 0.379. The van der Waals surface area contributed by atoms with Crippen molar-refractivity contribution in [2.75, 3.05) is 23.3 Å². The number of aromatic nitrogens is 2. The first-order chi connectivity index (χ1) is 8.59. The van der Waals surface area contributed by atoms with Crippen LogP contribution in [0, 0.1) is 5.82 Å². The van der Waals surface area contributed by atoms with E-state index >= 15 is 0 Å². The number of nitrogens with zero attached hydrogens (tertiary/aromatic N) is 2.